The minimum atomic E-state index is 0.0862. The number of aryl methyl sites for hydroxylation is 1. The average Bonchev–Trinajstić information content (AvgIpc) is 2.61. The zero-order valence-electron chi connectivity index (χ0n) is 16.5. The van der Waals surface area contributed by atoms with Crippen molar-refractivity contribution in [2.75, 3.05) is 20.1 Å². The van der Waals surface area contributed by atoms with E-state index >= 15 is 0 Å². The average molecular weight is 349 g/mol. The van der Waals surface area contributed by atoms with Gasteiger partial charge in [0.1, 0.15) is 0 Å². The number of nitrogens with zero attached hydrogens (tertiary/aromatic N) is 2. The maximum Gasteiger partial charge on any atom is 0.250 e. The van der Waals surface area contributed by atoms with Gasteiger partial charge in [-0.2, -0.15) is 0 Å². The van der Waals surface area contributed by atoms with Crippen LogP contribution >= 0.6 is 0 Å². The van der Waals surface area contributed by atoms with Crippen LogP contribution in [0.2, 0.25) is 0 Å². The van der Waals surface area contributed by atoms with Crippen LogP contribution in [-0.2, 0) is 6.54 Å². The summed E-state index contributed by atoms with van der Waals surface area (Å²) in [5.74, 6) is 1.59. The van der Waals surface area contributed by atoms with E-state index in [1.165, 1.54) is 25.7 Å². The van der Waals surface area contributed by atoms with E-state index in [1.807, 2.05) is 30.7 Å². The van der Waals surface area contributed by atoms with Crippen LogP contribution in [0.5, 0.6) is 0 Å². The Morgan fingerprint density at radius 3 is 2.64 bits per heavy atom. The molecule has 1 rings (SSSR count). The molecule has 1 aromatic heterocycles. The van der Waals surface area contributed by atoms with E-state index in [2.05, 4.69) is 29.5 Å². The number of rotatable bonds is 11. The summed E-state index contributed by atoms with van der Waals surface area (Å²) in [5, 5.41) is 6.81. The van der Waals surface area contributed by atoms with Gasteiger partial charge >= 0.3 is 0 Å². The lowest BCUT2D eigenvalue weighted by Crippen LogP contribution is -2.40. The Kier molecular flexibility index (Phi) is 10.7. The highest BCUT2D eigenvalue weighted by molar-refractivity contribution is 5.79. The minimum Gasteiger partial charge on any atom is -0.356 e. The Bertz CT molecular complexity index is 565. The molecule has 1 unspecified atom stereocenters. The van der Waals surface area contributed by atoms with Gasteiger partial charge < -0.3 is 15.2 Å². The first-order valence-electron chi connectivity index (χ1n) is 9.73. The highest BCUT2D eigenvalue weighted by atomic mass is 16.1. The molecule has 142 valence electrons. The van der Waals surface area contributed by atoms with Crippen LogP contribution < -0.4 is 16.2 Å². The highest BCUT2D eigenvalue weighted by Gasteiger charge is 2.07. The van der Waals surface area contributed by atoms with Crippen molar-refractivity contribution in [1.82, 2.24) is 15.2 Å². The molecule has 0 aliphatic heterocycles. The van der Waals surface area contributed by atoms with Gasteiger partial charge in [-0.1, -0.05) is 39.2 Å². The first-order valence-corrected chi connectivity index (χ1v) is 9.73. The molecule has 1 atom stereocenters. The normalized spacial score (nSPS) is 12.9. The lowest BCUT2D eigenvalue weighted by Gasteiger charge is -2.18. The standard InChI is InChI=1S/C20H36N4O/c1-5-7-12-18(6-2)16-23-20(21-4)22-14-8-9-15-24-17(3)11-10-13-19(24)25/h10-11,13,18H,5-9,12,14-16H2,1-4H3,(H2,21,22,23). The van der Waals surface area contributed by atoms with Crippen LogP contribution in [0.25, 0.3) is 0 Å². The van der Waals surface area contributed by atoms with Crippen LogP contribution in [-0.4, -0.2) is 30.7 Å². The first kappa shape index (κ1) is 21.3. The number of guanidine groups is 1. The molecule has 0 saturated heterocycles. The first-order chi connectivity index (χ1) is 12.1. The highest BCUT2D eigenvalue weighted by Crippen LogP contribution is 2.11. The van der Waals surface area contributed by atoms with E-state index in [9.17, 15) is 4.79 Å². The number of hydrogen-bond acceptors (Lipinski definition) is 2. The molecular weight excluding hydrogens is 312 g/mol. The fraction of sp³-hybridized carbons (Fsp3) is 0.700. The topological polar surface area (TPSA) is 58.4 Å². The van der Waals surface area contributed by atoms with Crippen molar-refractivity contribution < 1.29 is 0 Å². The Labute approximate surface area is 152 Å². The third-order valence-electron chi connectivity index (χ3n) is 4.69. The molecule has 0 saturated carbocycles. The zero-order chi connectivity index (χ0) is 18.5. The monoisotopic (exact) mass is 348 g/mol. The molecule has 0 aliphatic carbocycles. The van der Waals surface area contributed by atoms with E-state index in [1.54, 1.807) is 6.07 Å². The van der Waals surface area contributed by atoms with E-state index in [-0.39, 0.29) is 5.56 Å². The number of nitrogens with one attached hydrogen (secondary N) is 2. The molecular formula is C20H36N4O. The fourth-order valence-corrected chi connectivity index (χ4v) is 2.92. The van der Waals surface area contributed by atoms with E-state index in [0.29, 0.717) is 5.92 Å². The minimum absolute atomic E-state index is 0.0862. The summed E-state index contributed by atoms with van der Waals surface area (Å²) in [6.45, 7) is 9.10. The summed E-state index contributed by atoms with van der Waals surface area (Å²) in [4.78, 5) is 16.1. The summed E-state index contributed by atoms with van der Waals surface area (Å²) < 4.78 is 1.84. The molecule has 0 aliphatic rings. The maximum absolute atomic E-state index is 11.8. The van der Waals surface area contributed by atoms with Gasteiger partial charge in [-0.15, -0.1) is 0 Å². The number of unbranched alkanes of at least 4 members (excludes halogenated alkanes) is 2. The molecule has 0 radical (unpaired) electrons. The molecule has 1 aromatic rings. The zero-order valence-corrected chi connectivity index (χ0v) is 16.5. The lowest BCUT2D eigenvalue weighted by atomic mass is 9.99. The molecule has 25 heavy (non-hydrogen) atoms. The molecule has 5 nitrogen and oxygen atoms in total. The molecule has 1 heterocycles. The predicted molar refractivity (Wildman–Crippen MR) is 107 cm³/mol. The van der Waals surface area contributed by atoms with Crippen LogP contribution in [0, 0.1) is 12.8 Å². The summed E-state index contributed by atoms with van der Waals surface area (Å²) in [6.07, 6.45) is 7.02. The third kappa shape index (κ3) is 8.23. The van der Waals surface area contributed by atoms with Crippen molar-refractivity contribution in [2.45, 2.75) is 65.8 Å². The summed E-state index contributed by atoms with van der Waals surface area (Å²) >= 11 is 0. The van der Waals surface area contributed by atoms with Crippen LogP contribution in [0.15, 0.2) is 28.0 Å². The van der Waals surface area contributed by atoms with Gasteiger partial charge in [0.2, 0.25) is 0 Å². The van der Waals surface area contributed by atoms with Crippen molar-refractivity contribution in [3.63, 3.8) is 0 Å². The van der Waals surface area contributed by atoms with Gasteiger partial charge in [0.25, 0.3) is 5.56 Å². The Morgan fingerprint density at radius 2 is 2.00 bits per heavy atom. The second-order valence-electron chi connectivity index (χ2n) is 6.66. The van der Waals surface area contributed by atoms with Crippen molar-refractivity contribution in [1.29, 1.82) is 0 Å². The maximum atomic E-state index is 11.8. The molecule has 0 spiro atoms. The Balaban J connectivity index is 2.26. The number of pyridine rings is 1. The molecule has 0 amide bonds. The van der Waals surface area contributed by atoms with Gasteiger partial charge in [-0.25, -0.2) is 0 Å². The smallest absolute Gasteiger partial charge is 0.250 e. The van der Waals surface area contributed by atoms with Gasteiger partial charge in [-0.05, 0) is 38.2 Å². The Hall–Kier alpha value is -1.78. The molecule has 0 bridgehead atoms. The van der Waals surface area contributed by atoms with E-state index in [0.717, 1.165) is 44.1 Å². The fourth-order valence-electron chi connectivity index (χ4n) is 2.92. The van der Waals surface area contributed by atoms with Gasteiger partial charge in [0, 0.05) is 38.4 Å². The van der Waals surface area contributed by atoms with Crippen LogP contribution in [0.4, 0.5) is 0 Å². The Morgan fingerprint density at radius 1 is 1.20 bits per heavy atom. The third-order valence-corrected chi connectivity index (χ3v) is 4.69. The lowest BCUT2D eigenvalue weighted by molar-refractivity contribution is 0.443. The molecule has 2 N–H and O–H groups in total. The number of hydrogen-bond donors (Lipinski definition) is 2. The van der Waals surface area contributed by atoms with Gasteiger partial charge in [0.05, 0.1) is 0 Å². The number of aromatic nitrogens is 1. The second-order valence-corrected chi connectivity index (χ2v) is 6.66. The predicted octanol–water partition coefficient (Wildman–Crippen LogP) is 3.32. The summed E-state index contributed by atoms with van der Waals surface area (Å²) in [6, 6.07) is 5.42. The number of aliphatic imine (C=N–C) groups is 1. The van der Waals surface area contributed by atoms with Crippen molar-refractivity contribution in [3.05, 3.63) is 34.2 Å². The van der Waals surface area contributed by atoms with Crippen molar-refractivity contribution in [3.8, 4) is 0 Å². The van der Waals surface area contributed by atoms with Crippen LogP contribution in [0.1, 0.15) is 58.1 Å². The van der Waals surface area contributed by atoms with Crippen molar-refractivity contribution in [2.24, 2.45) is 10.9 Å². The van der Waals surface area contributed by atoms with E-state index in [4.69, 9.17) is 0 Å². The SMILES string of the molecule is CCCCC(CC)CNC(=NC)NCCCCn1c(C)cccc1=O. The van der Waals surface area contributed by atoms with E-state index < -0.39 is 0 Å². The molecule has 5 heteroatoms. The summed E-state index contributed by atoms with van der Waals surface area (Å²) in [5.41, 5.74) is 1.11. The van der Waals surface area contributed by atoms with Crippen molar-refractivity contribution >= 4 is 5.96 Å². The van der Waals surface area contributed by atoms with Gasteiger partial charge in [-0.3, -0.25) is 9.79 Å². The second kappa shape index (κ2) is 12.6. The molecule has 0 fully saturated rings. The van der Waals surface area contributed by atoms with Crippen LogP contribution in [0.3, 0.4) is 0 Å². The summed E-state index contributed by atoms with van der Waals surface area (Å²) in [7, 11) is 1.81. The quantitative estimate of drug-likeness (QED) is 0.366. The van der Waals surface area contributed by atoms with Gasteiger partial charge in [0.15, 0.2) is 5.96 Å². The molecule has 0 aromatic carbocycles. The largest absolute Gasteiger partial charge is 0.356 e.